The molecule has 1 N–H and O–H groups in total. The molecule has 4 nitrogen and oxygen atoms in total. The largest absolute Gasteiger partial charge is 0.352 e. The average molecular weight is 459 g/mol. The van der Waals surface area contributed by atoms with E-state index in [4.69, 9.17) is 11.6 Å². The summed E-state index contributed by atoms with van der Waals surface area (Å²) >= 11 is 7.53. The number of carbonyl (C=O) groups is 2. The lowest BCUT2D eigenvalue weighted by molar-refractivity contribution is -0.139. The van der Waals surface area contributed by atoms with Gasteiger partial charge in [0.1, 0.15) is 6.04 Å². The molecule has 1 fully saturated rings. The highest BCUT2D eigenvalue weighted by molar-refractivity contribution is 8.00. The number of halogens is 1. The third-order valence-electron chi connectivity index (χ3n) is 5.74. The summed E-state index contributed by atoms with van der Waals surface area (Å²) in [5.74, 6) is 0.218. The molecule has 31 heavy (non-hydrogen) atoms. The Morgan fingerprint density at radius 3 is 2.35 bits per heavy atom. The summed E-state index contributed by atoms with van der Waals surface area (Å²) in [4.78, 5) is 29.2. The number of hydrogen-bond acceptors (Lipinski definition) is 3. The number of carbonyl (C=O) groups excluding carboxylic acids is 2. The van der Waals surface area contributed by atoms with Gasteiger partial charge in [-0.3, -0.25) is 9.59 Å². The number of aryl methyl sites for hydroxylation is 1. The van der Waals surface area contributed by atoms with Gasteiger partial charge in [0, 0.05) is 22.5 Å². The summed E-state index contributed by atoms with van der Waals surface area (Å²) in [7, 11) is 0. The predicted molar refractivity (Wildman–Crippen MR) is 128 cm³/mol. The zero-order valence-electron chi connectivity index (χ0n) is 18.3. The van der Waals surface area contributed by atoms with Crippen LogP contribution in [0.4, 0.5) is 0 Å². The quantitative estimate of drug-likeness (QED) is 0.497. The summed E-state index contributed by atoms with van der Waals surface area (Å²) in [6, 6.07) is 15.4. The first-order chi connectivity index (χ1) is 15.0. The van der Waals surface area contributed by atoms with E-state index in [0.29, 0.717) is 23.7 Å². The molecular formula is C25H31ClN2O2S. The van der Waals surface area contributed by atoms with Crippen LogP contribution in [0.5, 0.6) is 0 Å². The molecule has 1 saturated carbocycles. The van der Waals surface area contributed by atoms with Crippen LogP contribution in [0.2, 0.25) is 5.02 Å². The smallest absolute Gasteiger partial charge is 0.243 e. The number of rotatable bonds is 9. The van der Waals surface area contributed by atoms with E-state index in [1.54, 1.807) is 4.90 Å². The first-order valence-electron chi connectivity index (χ1n) is 11.0. The van der Waals surface area contributed by atoms with Crippen LogP contribution in [0.1, 0.15) is 50.2 Å². The van der Waals surface area contributed by atoms with E-state index in [1.807, 2.05) is 62.4 Å². The van der Waals surface area contributed by atoms with Crippen molar-refractivity contribution in [2.75, 3.05) is 5.75 Å². The summed E-state index contributed by atoms with van der Waals surface area (Å²) in [6.07, 6.45) is 4.94. The van der Waals surface area contributed by atoms with Crippen LogP contribution in [-0.4, -0.2) is 34.6 Å². The zero-order valence-corrected chi connectivity index (χ0v) is 19.8. The van der Waals surface area contributed by atoms with Crippen LogP contribution < -0.4 is 5.32 Å². The van der Waals surface area contributed by atoms with Gasteiger partial charge >= 0.3 is 0 Å². The average Bonchev–Trinajstić information content (AvgIpc) is 3.27. The van der Waals surface area contributed by atoms with Crippen LogP contribution in [-0.2, 0) is 16.1 Å². The minimum Gasteiger partial charge on any atom is -0.352 e. The van der Waals surface area contributed by atoms with Crippen LogP contribution in [0, 0.1) is 6.92 Å². The van der Waals surface area contributed by atoms with Crippen molar-refractivity contribution in [1.82, 2.24) is 10.2 Å². The SMILES string of the molecule is CCC(C(=O)NC1CCCC1)N(Cc1ccc(Cl)cc1)C(=O)CSc1ccc(C)cc1. The van der Waals surface area contributed by atoms with Crippen molar-refractivity contribution in [1.29, 1.82) is 0 Å². The van der Waals surface area contributed by atoms with Gasteiger partial charge in [-0.1, -0.05) is 61.2 Å². The molecule has 1 unspecified atom stereocenters. The monoisotopic (exact) mass is 458 g/mol. The lowest BCUT2D eigenvalue weighted by Gasteiger charge is -2.31. The molecule has 2 amide bonds. The van der Waals surface area contributed by atoms with Gasteiger partial charge in [0.05, 0.1) is 5.75 Å². The Balaban J connectivity index is 1.74. The topological polar surface area (TPSA) is 49.4 Å². The predicted octanol–water partition coefficient (Wildman–Crippen LogP) is 5.61. The van der Waals surface area contributed by atoms with Crippen LogP contribution in [0.25, 0.3) is 0 Å². The number of nitrogens with one attached hydrogen (secondary N) is 1. The summed E-state index contributed by atoms with van der Waals surface area (Å²) in [6.45, 7) is 4.40. The minimum absolute atomic E-state index is 0.0334. The van der Waals surface area contributed by atoms with Gasteiger partial charge in [-0.2, -0.15) is 0 Å². The van der Waals surface area contributed by atoms with Gasteiger partial charge < -0.3 is 10.2 Å². The van der Waals surface area contributed by atoms with Crippen molar-refractivity contribution in [3.8, 4) is 0 Å². The maximum absolute atomic E-state index is 13.3. The van der Waals surface area contributed by atoms with Gasteiger partial charge in [0.15, 0.2) is 0 Å². The molecule has 1 atom stereocenters. The van der Waals surface area contributed by atoms with Crippen molar-refractivity contribution >= 4 is 35.2 Å². The van der Waals surface area contributed by atoms with E-state index in [2.05, 4.69) is 5.32 Å². The van der Waals surface area contributed by atoms with E-state index in [1.165, 1.54) is 17.3 Å². The molecule has 1 aliphatic rings. The Morgan fingerprint density at radius 1 is 1.10 bits per heavy atom. The number of benzene rings is 2. The van der Waals surface area contributed by atoms with E-state index in [-0.39, 0.29) is 17.9 Å². The van der Waals surface area contributed by atoms with E-state index in [9.17, 15) is 9.59 Å². The van der Waals surface area contributed by atoms with Gasteiger partial charge in [-0.15, -0.1) is 11.8 Å². The third-order valence-corrected chi connectivity index (χ3v) is 6.99. The Hall–Kier alpha value is -1.98. The van der Waals surface area contributed by atoms with Crippen molar-refractivity contribution in [3.05, 3.63) is 64.7 Å². The summed E-state index contributed by atoms with van der Waals surface area (Å²) < 4.78 is 0. The lowest BCUT2D eigenvalue weighted by Crippen LogP contribution is -2.51. The normalized spacial score (nSPS) is 14.9. The fourth-order valence-corrected chi connectivity index (χ4v) is 4.85. The standard InChI is InChI=1S/C25H31ClN2O2S/c1-3-23(25(30)27-21-6-4-5-7-21)28(16-19-10-12-20(26)13-11-19)24(29)17-31-22-14-8-18(2)9-15-22/h8-15,21,23H,3-7,16-17H2,1-2H3,(H,27,30). The van der Waals surface area contributed by atoms with Crippen molar-refractivity contribution < 1.29 is 9.59 Å². The molecule has 0 bridgehead atoms. The maximum atomic E-state index is 13.3. The molecule has 2 aromatic rings. The van der Waals surface area contributed by atoms with Gasteiger partial charge in [0.25, 0.3) is 0 Å². The highest BCUT2D eigenvalue weighted by Crippen LogP contribution is 2.22. The van der Waals surface area contributed by atoms with Gasteiger partial charge in [-0.25, -0.2) is 0 Å². The first kappa shape index (κ1) is 23.7. The molecule has 0 radical (unpaired) electrons. The Morgan fingerprint density at radius 2 is 1.74 bits per heavy atom. The Bertz CT molecular complexity index is 864. The summed E-state index contributed by atoms with van der Waals surface area (Å²) in [5, 5.41) is 3.83. The first-order valence-corrected chi connectivity index (χ1v) is 12.4. The second kappa shape index (κ2) is 11.6. The molecule has 0 aromatic heterocycles. The van der Waals surface area contributed by atoms with Crippen LogP contribution in [0.15, 0.2) is 53.4 Å². The molecule has 0 aliphatic heterocycles. The number of hydrogen-bond donors (Lipinski definition) is 1. The molecule has 0 heterocycles. The number of nitrogens with zero attached hydrogens (tertiary/aromatic N) is 1. The Labute approximate surface area is 194 Å². The molecular weight excluding hydrogens is 428 g/mol. The number of thioether (sulfide) groups is 1. The summed E-state index contributed by atoms with van der Waals surface area (Å²) in [5.41, 5.74) is 2.15. The van der Waals surface area contributed by atoms with Crippen molar-refractivity contribution in [2.24, 2.45) is 0 Å². The number of amides is 2. The molecule has 1 aliphatic carbocycles. The fraction of sp³-hybridized carbons (Fsp3) is 0.440. The molecule has 2 aromatic carbocycles. The van der Waals surface area contributed by atoms with Gasteiger partial charge in [-0.05, 0) is 56.0 Å². The molecule has 6 heteroatoms. The lowest BCUT2D eigenvalue weighted by atomic mass is 10.1. The van der Waals surface area contributed by atoms with Gasteiger partial charge in [0.2, 0.25) is 11.8 Å². The zero-order chi connectivity index (χ0) is 22.2. The molecule has 0 saturated heterocycles. The van der Waals surface area contributed by atoms with Crippen molar-refractivity contribution in [2.45, 2.75) is 69.5 Å². The molecule has 0 spiro atoms. The second-order valence-electron chi connectivity index (χ2n) is 8.16. The highest BCUT2D eigenvalue weighted by Gasteiger charge is 2.30. The minimum atomic E-state index is -0.484. The van der Waals surface area contributed by atoms with Crippen LogP contribution >= 0.6 is 23.4 Å². The van der Waals surface area contributed by atoms with E-state index < -0.39 is 6.04 Å². The molecule has 3 rings (SSSR count). The van der Waals surface area contributed by atoms with Crippen LogP contribution in [0.3, 0.4) is 0 Å². The second-order valence-corrected chi connectivity index (χ2v) is 9.65. The third kappa shape index (κ3) is 7.01. The highest BCUT2D eigenvalue weighted by atomic mass is 35.5. The maximum Gasteiger partial charge on any atom is 0.243 e. The fourth-order valence-electron chi connectivity index (χ4n) is 3.94. The van der Waals surface area contributed by atoms with E-state index in [0.717, 1.165) is 36.1 Å². The van der Waals surface area contributed by atoms with E-state index >= 15 is 0 Å². The van der Waals surface area contributed by atoms with Crippen molar-refractivity contribution in [3.63, 3.8) is 0 Å². The Kier molecular flexibility index (Phi) is 8.85. The molecule has 166 valence electrons.